The van der Waals surface area contributed by atoms with Crippen LogP contribution >= 0.6 is 11.6 Å². The van der Waals surface area contributed by atoms with Crippen molar-refractivity contribution in [2.75, 3.05) is 34.3 Å². The lowest BCUT2D eigenvalue weighted by molar-refractivity contribution is 0.196. The number of rotatable bonds is 4. The van der Waals surface area contributed by atoms with E-state index in [2.05, 4.69) is 4.90 Å². The summed E-state index contributed by atoms with van der Waals surface area (Å²) in [7, 11) is 2.07. The van der Waals surface area contributed by atoms with E-state index in [0.29, 0.717) is 29.9 Å². The molecule has 2 rings (SSSR count). The Labute approximate surface area is 131 Å². The molecule has 1 saturated heterocycles. The third-order valence-electron chi connectivity index (χ3n) is 3.91. The van der Waals surface area contributed by atoms with Crippen molar-refractivity contribution in [1.82, 2.24) is 9.21 Å². The maximum absolute atomic E-state index is 12.6. The van der Waals surface area contributed by atoms with E-state index >= 15 is 0 Å². The summed E-state index contributed by atoms with van der Waals surface area (Å²) >= 11 is 6.02. The van der Waals surface area contributed by atoms with Crippen molar-refractivity contribution >= 4 is 21.6 Å². The Hall–Kier alpha value is -0.820. The van der Waals surface area contributed by atoms with Crippen LogP contribution in [-0.4, -0.2) is 58.0 Å². The topological polar surface area (TPSA) is 49.9 Å². The molecule has 0 amide bonds. The molecule has 0 bridgehead atoms. The largest absolute Gasteiger partial charge is 0.495 e. The van der Waals surface area contributed by atoms with Gasteiger partial charge in [0.2, 0.25) is 10.0 Å². The summed E-state index contributed by atoms with van der Waals surface area (Å²) in [5.74, 6) is 0.474. The number of hydrogen-bond donors (Lipinski definition) is 0. The van der Waals surface area contributed by atoms with Gasteiger partial charge in [-0.25, -0.2) is 8.42 Å². The minimum atomic E-state index is -3.48. The molecule has 21 heavy (non-hydrogen) atoms. The minimum absolute atomic E-state index is 0.219. The quantitative estimate of drug-likeness (QED) is 0.847. The fraction of sp³-hybridized carbons (Fsp3) is 0.571. The molecule has 5 nitrogen and oxygen atoms in total. The first-order chi connectivity index (χ1) is 9.86. The molecule has 0 aromatic heterocycles. The zero-order valence-corrected chi connectivity index (χ0v) is 14.1. The first kappa shape index (κ1) is 16.5. The van der Waals surface area contributed by atoms with E-state index < -0.39 is 10.0 Å². The molecule has 0 spiro atoms. The molecular formula is C14H21ClN2O3S. The van der Waals surface area contributed by atoms with E-state index in [1.54, 1.807) is 6.07 Å². The fourth-order valence-electron chi connectivity index (χ4n) is 2.56. The molecule has 1 heterocycles. The minimum Gasteiger partial charge on any atom is -0.495 e. The number of sulfonamides is 1. The molecule has 0 radical (unpaired) electrons. The molecule has 118 valence electrons. The molecule has 7 heteroatoms. The lowest BCUT2D eigenvalue weighted by Crippen LogP contribution is -2.44. The Morgan fingerprint density at radius 1 is 1.29 bits per heavy atom. The van der Waals surface area contributed by atoms with Crippen molar-refractivity contribution in [3.63, 3.8) is 0 Å². The van der Waals surface area contributed by atoms with Gasteiger partial charge in [-0.15, -0.1) is 0 Å². The molecule has 1 aliphatic rings. The van der Waals surface area contributed by atoms with Gasteiger partial charge in [-0.05, 0) is 45.1 Å². The predicted octanol–water partition coefficient (Wildman–Crippen LogP) is 2.06. The molecule has 0 saturated carbocycles. The zero-order valence-electron chi connectivity index (χ0n) is 12.5. The molecule has 0 atom stereocenters. The van der Waals surface area contributed by atoms with Crippen LogP contribution in [0, 0.1) is 0 Å². The number of nitrogens with zero attached hydrogens (tertiary/aromatic N) is 2. The number of benzene rings is 1. The van der Waals surface area contributed by atoms with Crippen molar-refractivity contribution in [3.05, 3.63) is 23.2 Å². The van der Waals surface area contributed by atoms with Gasteiger partial charge in [0.1, 0.15) is 5.75 Å². The van der Waals surface area contributed by atoms with Crippen LogP contribution in [-0.2, 0) is 10.0 Å². The normalized spacial score (nSPS) is 18.1. The number of methoxy groups -OCH3 is 1. The Bertz CT molecular complexity index is 596. The van der Waals surface area contributed by atoms with Gasteiger partial charge in [0.15, 0.2) is 0 Å². The first-order valence-corrected chi connectivity index (χ1v) is 8.68. The van der Waals surface area contributed by atoms with Crippen LogP contribution in [0.25, 0.3) is 0 Å². The van der Waals surface area contributed by atoms with Crippen LogP contribution in [0.4, 0.5) is 0 Å². The van der Waals surface area contributed by atoms with Gasteiger partial charge in [0, 0.05) is 19.1 Å². The molecule has 1 aliphatic heterocycles. The maximum Gasteiger partial charge on any atom is 0.243 e. The van der Waals surface area contributed by atoms with Gasteiger partial charge in [0.05, 0.1) is 17.0 Å². The SMILES string of the molecule is COc1ccc(S(=O)(=O)N2CCC(N(C)C)CC2)cc1Cl. The van der Waals surface area contributed by atoms with Crippen LogP contribution in [0.15, 0.2) is 23.1 Å². The van der Waals surface area contributed by atoms with Crippen molar-refractivity contribution in [1.29, 1.82) is 0 Å². The van der Waals surface area contributed by atoms with Gasteiger partial charge in [-0.2, -0.15) is 4.31 Å². The van der Waals surface area contributed by atoms with E-state index in [9.17, 15) is 8.42 Å². The number of piperidine rings is 1. The van der Waals surface area contributed by atoms with E-state index in [1.807, 2.05) is 14.1 Å². The van der Waals surface area contributed by atoms with E-state index in [-0.39, 0.29) is 4.90 Å². The molecule has 0 aliphatic carbocycles. The smallest absolute Gasteiger partial charge is 0.243 e. The first-order valence-electron chi connectivity index (χ1n) is 6.86. The Morgan fingerprint density at radius 2 is 1.90 bits per heavy atom. The standard InChI is InChI=1S/C14H21ClN2O3S/c1-16(2)11-6-8-17(9-7-11)21(18,19)12-4-5-14(20-3)13(15)10-12/h4-5,10-11H,6-9H2,1-3H3. The second kappa shape index (κ2) is 6.52. The average molecular weight is 333 g/mol. The molecule has 1 aromatic rings. The van der Waals surface area contributed by atoms with Gasteiger partial charge in [-0.1, -0.05) is 11.6 Å². The molecular weight excluding hydrogens is 312 g/mol. The fourth-order valence-corrected chi connectivity index (χ4v) is 4.37. The van der Waals surface area contributed by atoms with Gasteiger partial charge in [0.25, 0.3) is 0 Å². The highest BCUT2D eigenvalue weighted by Crippen LogP contribution is 2.29. The zero-order chi connectivity index (χ0) is 15.6. The van der Waals surface area contributed by atoms with E-state index in [1.165, 1.54) is 23.5 Å². The molecule has 0 unspecified atom stereocenters. The third kappa shape index (κ3) is 3.51. The summed E-state index contributed by atoms with van der Waals surface area (Å²) in [4.78, 5) is 2.37. The highest BCUT2D eigenvalue weighted by atomic mass is 35.5. The second-order valence-electron chi connectivity index (χ2n) is 5.40. The van der Waals surface area contributed by atoms with E-state index in [4.69, 9.17) is 16.3 Å². The van der Waals surface area contributed by atoms with Crippen molar-refractivity contribution in [3.8, 4) is 5.75 Å². The van der Waals surface area contributed by atoms with Crippen molar-refractivity contribution in [2.24, 2.45) is 0 Å². The molecule has 0 N–H and O–H groups in total. The molecule has 1 aromatic carbocycles. The second-order valence-corrected chi connectivity index (χ2v) is 7.74. The Morgan fingerprint density at radius 3 is 2.38 bits per heavy atom. The Kier molecular flexibility index (Phi) is 5.14. The highest BCUT2D eigenvalue weighted by molar-refractivity contribution is 7.89. The lowest BCUT2D eigenvalue weighted by Gasteiger charge is -2.34. The predicted molar refractivity (Wildman–Crippen MR) is 83.5 cm³/mol. The van der Waals surface area contributed by atoms with Gasteiger partial charge >= 0.3 is 0 Å². The Balaban J connectivity index is 2.17. The van der Waals surface area contributed by atoms with Gasteiger partial charge in [-0.3, -0.25) is 0 Å². The van der Waals surface area contributed by atoms with Gasteiger partial charge < -0.3 is 9.64 Å². The van der Waals surface area contributed by atoms with Crippen LogP contribution in [0.5, 0.6) is 5.75 Å². The average Bonchev–Trinajstić information content (AvgIpc) is 2.47. The highest BCUT2D eigenvalue weighted by Gasteiger charge is 2.30. The van der Waals surface area contributed by atoms with Crippen LogP contribution in [0.3, 0.4) is 0 Å². The summed E-state index contributed by atoms with van der Waals surface area (Å²) in [5.41, 5.74) is 0. The van der Waals surface area contributed by atoms with E-state index in [0.717, 1.165) is 12.8 Å². The number of hydrogen-bond acceptors (Lipinski definition) is 4. The number of halogens is 1. The monoisotopic (exact) mass is 332 g/mol. The maximum atomic E-state index is 12.6. The number of ether oxygens (including phenoxy) is 1. The van der Waals surface area contributed by atoms with Crippen molar-refractivity contribution in [2.45, 2.75) is 23.8 Å². The van der Waals surface area contributed by atoms with Crippen LogP contribution < -0.4 is 4.74 Å². The summed E-state index contributed by atoms with van der Waals surface area (Å²) < 4.78 is 31.8. The van der Waals surface area contributed by atoms with Crippen LogP contribution in [0.2, 0.25) is 5.02 Å². The van der Waals surface area contributed by atoms with Crippen molar-refractivity contribution < 1.29 is 13.2 Å². The lowest BCUT2D eigenvalue weighted by atomic mass is 10.1. The summed E-state index contributed by atoms with van der Waals surface area (Å²) in [6.07, 6.45) is 1.69. The molecule has 1 fully saturated rings. The third-order valence-corrected chi connectivity index (χ3v) is 6.10. The van der Waals surface area contributed by atoms with Crippen LogP contribution in [0.1, 0.15) is 12.8 Å². The summed E-state index contributed by atoms with van der Waals surface area (Å²) in [6, 6.07) is 5.02. The summed E-state index contributed by atoms with van der Waals surface area (Å²) in [6.45, 7) is 1.07. The summed E-state index contributed by atoms with van der Waals surface area (Å²) in [5, 5.41) is 0.307.